The first-order valence-electron chi connectivity index (χ1n) is 7.26. The number of nitrogens with one attached hydrogen (secondary N) is 1. The van der Waals surface area contributed by atoms with Crippen LogP contribution in [0, 0.1) is 0 Å². The van der Waals surface area contributed by atoms with E-state index in [0.717, 1.165) is 12.8 Å². The van der Waals surface area contributed by atoms with Gasteiger partial charge in [-0.05, 0) is 30.9 Å². The number of fused-ring (bicyclic) bond motifs is 1. The SMILES string of the molecule is CCc1ccc(C2CC(C)n3ncc(C(=O)O)c3N2)cc1. The molecule has 0 saturated heterocycles. The van der Waals surface area contributed by atoms with E-state index in [4.69, 9.17) is 0 Å². The van der Waals surface area contributed by atoms with Gasteiger partial charge in [-0.3, -0.25) is 0 Å². The van der Waals surface area contributed by atoms with Gasteiger partial charge in [0.1, 0.15) is 11.4 Å². The highest BCUT2D eigenvalue weighted by molar-refractivity contribution is 5.93. The van der Waals surface area contributed by atoms with Gasteiger partial charge in [-0.1, -0.05) is 31.2 Å². The lowest BCUT2D eigenvalue weighted by Crippen LogP contribution is -2.26. The van der Waals surface area contributed by atoms with E-state index >= 15 is 0 Å². The number of benzene rings is 1. The summed E-state index contributed by atoms with van der Waals surface area (Å²) < 4.78 is 1.76. The number of carbonyl (C=O) groups is 1. The molecule has 0 amide bonds. The van der Waals surface area contributed by atoms with Crippen LogP contribution in [0.1, 0.15) is 53.8 Å². The van der Waals surface area contributed by atoms with Crippen molar-refractivity contribution in [1.29, 1.82) is 0 Å². The molecule has 2 N–H and O–H groups in total. The van der Waals surface area contributed by atoms with Gasteiger partial charge in [0.15, 0.2) is 0 Å². The molecule has 2 unspecified atom stereocenters. The molecule has 1 aliphatic rings. The Morgan fingerprint density at radius 2 is 2.14 bits per heavy atom. The summed E-state index contributed by atoms with van der Waals surface area (Å²) in [4.78, 5) is 11.3. The Balaban J connectivity index is 1.92. The number of rotatable bonds is 3. The van der Waals surface area contributed by atoms with Gasteiger partial charge in [0.05, 0.1) is 18.3 Å². The van der Waals surface area contributed by atoms with Crippen molar-refractivity contribution < 1.29 is 9.90 Å². The fraction of sp³-hybridized carbons (Fsp3) is 0.375. The average Bonchev–Trinajstić information content (AvgIpc) is 2.92. The molecule has 1 aromatic heterocycles. The highest BCUT2D eigenvalue weighted by atomic mass is 16.4. The summed E-state index contributed by atoms with van der Waals surface area (Å²) in [6.07, 6.45) is 3.33. The number of aromatic carboxylic acids is 1. The van der Waals surface area contributed by atoms with Crippen LogP contribution in [-0.2, 0) is 6.42 Å². The zero-order valence-electron chi connectivity index (χ0n) is 12.2. The second-order valence-corrected chi connectivity index (χ2v) is 5.53. The molecule has 0 fully saturated rings. The standard InChI is InChI=1S/C16H19N3O2/c1-3-11-4-6-12(7-5-11)14-8-10(2)19-15(18-14)13(9-17-19)16(20)21/h4-7,9-10,14,18H,3,8H2,1-2H3,(H,20,21). The predicted octanol–water partition coefficient (Wildman–Crippen LogP) is 3.26. The van der Waals surface area contributed by atoms with Gasteiger partial charge in [0, 0.05) is 0 Å². The Hall–Kier alpha value is -2.30. The molecule has 1 aliphatic heterocycles. The highest BCUT2D eigenvalue weighted by Crippen LogP contribution is 2.36. The quantitative estimate of drug-likeness (QED) is 0.908. The fourth-order valence-electron chi connectivity index (χ4n) is 2.87. The van der Waals surface area contributed by atoms with Crippen LogP contribution in [0.5, 0.6) is 0 Å². The molecule has 1 aromatic carbocycles. The Morgan fingerprint density at radius 1 is 1.43 bits per heavy atom. The summed E-state index contributed by atoms with van der Waals surface area (Å²) in [7, 11) is 0. The Morgan fingerprint density at radius 3 is 2.76 bits per heavy atom. The van der Waals surface area contributed by atoms with Crippen LogP contribution in [0.25, 0.3) is 0 Å². The van der Waals surface area contributed by atoms with Crippen molar-refractivity contribution in [2.24, 2.45) is 0 Å². The lowest BCUT2D eigenvalue weighted by Gasteiger charge is -2.31. The van der Waals surface area contributed by atoms with E-state index < -0.39 is 5.97 Å². The molecule has 0 aliphatic carbocycles. The summed E-state index contributed by atoms with van der Waals surface area (Å²) >= 11 is 0. The Bertz CT molecular complexity index is 661. The molecular weight excluding hydrogens is 266 g/mol. The van der Waals surface area contributed by atoms with Crippen molar-refractivity contribution in [2.75, 3.05) is 5.32 Å². The number of carboxylic acids is 1. The molecule has 21 heavy (non-hydrogen) atoms. The maximum absolute atomic E-state index is 11.3. The molecule has 3 rings (SSSR count). The normalized spacial score (nSPS) is 20.7. The molecule has 0 radical (unpaired) electrons. The number of nitrogens with zero attached hydrogens (tertiary/aromatic N) is 2. The molecule has 110 valence electrons. The first-order valence-corrected chi connectivity index (χ1v) is 7.26. The smallest absolute Gasteiger partial charge is 0.341 e. The second-order valence-electron chi connectivity index (χ2n) is 5.53. The average molecular weight is 285 g/mol. The van der Waals surface area contributed by atoms with Gasteiger partial charge in [0.2, 0.25) is 0 Å². The monoisotopic (exact) mass is 285 g/mol. The maximum atomic E-state index is 11.3. The van der Waals surface area contributed by atoms with Gasteiger partial charge in [-0.15, -0.1) is 0 Å². The number of aromatic nitrogens is 2. The van der Waals surface area contributed by atoms with Crippen molar-refractivity contribution in [2.45, 2.75) is 38.8 Å². The van der Waals surface area contributed by atoms with E-state index in [0.29, 0.717) is 5.82 Å². The summed E-state index contributed by atoms with van der Waals surface area (Å²) in [6.45, 7) is 4.20. The minimum atomic E-state index is -0.946. The van der Waals surface area contributed by atoms with Crippen LogP contribution in [0.3, 0.4) is 0 Å². The minimum Gasteiger partial charge on any atom is -0.477 e. The van der Waals surface area contributed by atoms with Crippen molar-refractivity contribution in [3.05, 3.63) is 47.2 Å². The van der Waals surface area contributed by atoms with Crippen LogP contribution < -0.4 is 5.32 Å². The van der Waals surface area contributed by atoms with Crippen LogP contribution in [0.15, 0.2) is 30.5 Å². The van der Waals surface area contributed by atoms with Crippen molar-refractivity contribution in [3.63, 3.8) is 0 Å². The molecule has 2 atom stereocenters. The molecule has 2 heterocycles. The molecular formula is C16H19N3O2. The lowest BCUT2D eigenvalue weighted by atomic mass is 9.96. The fourth-order valence-corrected chi connectivity index (χ4v) is 2.87. The number of anilines is 1. The molecule has 5 heteroatoms. The predicted molar refractivity (Wildman–Crippen MR) is 80.7 cm³/mol. The molecule has 0 spiro atoms. The molecule has 5 nitrogen and oxygen atoms in total. The van der Waals surface area contributed by atoms with Gasteiger partial charge in [0.25, 0.3) is 0 Å². The van der Waals surface area contributed by atoms with E-state index in [-0.39, 0.29) is 17.6 Å². The van der Waals surface area contributed by atoms with Crippen LogP contribution in [0.2, 0.25) is 0 Å². The molecule has 0 saturated carbocycles. The summed E-state index contributed by atoms with van der Waals surface area (Å²) in [5, 5.41) is 16.8. The van der Waals surface area contributed by atoms with Gasteiger partial charge < -0.3 is 10.4 Å². The zero-order valence-corrected chi connectivity index (χ0v) is 12.2. The molecule has 2 aromatic rings. The summed E-state index contributed by atoms with van der Waals surface area (Å²) in [5.74, 6) is -0.344. The van der Waals surface area contributed by atoms with Crippen molar-refractivity contribution in [3.8, 4) is 0 Å². The first kappa shape index (κ1) is 13.7. The second kappa shape index (κ2) is 5.24. The van der Waals surface area contributed by atoms with E-state index in [2.05, 4.69) is 48.5 Å². The summed E-state index contributed by atoms with van der Waals surface area (Å²) in [6, 6.07) is 8.79. The Labute approximate surface area is 123 Å². The number of carboxylic acid groups (broad SMARTS) is 1. The molecule has 0 bridgehead atoms. The lowest BCUT2D eigenvalue weighted by molar-refractivity contribution is 0.0697. The largest absolute Gasteiger partial charge is 0.477 e. The minimum absolute atomic E-state index is 0.119. The van der Waals surface area contributed by atoms with Gasteiger partial charge in [-0.25, -0.2) is 9.48 Å². The Kier molecular flexibility index (Phi) is 3.41. The number of hydrogen-bond donors (Lipinski definition) is 2. The van der Waals surface area contributed by atoms with Crippen LogP contribution >= 0.6 is 0 Å². The van der Waals surface area contributed by atoms with E-state index in [1.807, 2.05) is 0 Å². The van der Waals surface area contributed by atoms with E-state index in [1.54, 1.807) is 4.68 Å². The van der Waals surface area contributed by atoms with Crippen molar-refractivity contribution in [1.82, 2.24) is 9.78 Å². The van der Waals surface area contributed by atoms with E-state index in [1.165, 1.54) is 17.3 Å². The van der Waals surface area contributed by atoms with Gasteiger partial charge in [-0.2, -0.15) is 5.10 Å². The van der Waals surface area contributed by atoms with Crippen LogP contribution in [0.4, 0.5) is 5.82 Å². The number of aryl methyl sites for hydroxylation is 1. The van der Waals surface area contributed by atoms with Gasteiger partial charge >= 0.3 is 5.97 Å². The highest BCUT2D eigenvalue weighted by Gasteiger charge is 2.29. The van der Waals surface area contributed by atoms with Crippen LogP contribution in [-0.4, -0.2) is 20.9 Å². The van der Waals surface area contributed by atoms with Crippen molar-refractivity contribution >= 4 is 11.8 Å². The van der Waals surface area contributed by atoms with E-state index in [9.17, 15) is 9.90 Å². The third kappa shape index (κ3) is 2.39. The topological polar surface area (TPSA) is 67.2 Å². The third-order valence-electron chi connectivity index (χ3n) is 4.12. The third-order valence-corrected chi connectivity index (χ3v) is 4.12. The first-order chi connectivity index (χ1) is 10.1. The maximum Gasteiger partial charge on any atom is 0.341 e. The number of hydrogen-bond acceptors (Lipinski definition) is 3. The summed E-state index contributed by atoms with van der Waals surface area (Å²) in [5.41, 5.74) is 2.72. The zero-order chi connectivity index (χ0) is 15.0.